The Bertz CT molecular complexity index is 590. The zero-order chi connectivity index (χ0) is 17.9. The Kier molecular flexibility index (Phi) is 8.17. The smallest absolute Gasteiger partial charge is 0.119 e. The standard InChI is InChI=1S/C22H31NO2/c1-4-5-6-15-24-21-11-7-19(8-12-21)16-23-20-9-13-22(14-10-20)25-17-18(2)3/h7-14,18,23H,4-6,15-17H2,1-3H3. The molecule has 0 radical (unpaired) electrons. The van der Waals surface area contributed by atoms with E-state index in [-0.39, 0.29) is 0 Å². The third-order valence-corrected chi connectivity index (χ3v) is 3.87. The molecule has 0 aliphatic rings. The van der Waals surface area contributed by atoms with Crippen LogP contribution in [0.25, 0.3) is 0 Å². The first kappa shape index (κ1) is 19.2. The Labute approximate surface area is 152 Å². The van der Waals surface area contributed by atoms with Gasteiger partial charge in [0.05, 0.1) is 13.2 Å². The van der Waals surface area contributed by atoms with Crippen LogP contribution in [0.15, 0.2) is 48.5 Å². The second-order valence-corrected chi connectivity index (χ2v) is 6.78. The first-order valence-corrected chi connectivity index (χ1v) is 9.36. The molecular weight excluding hydrogens is 310 g/mol. The highest BCUT2D eigenvalue weighted by Crippen LogP contribution is 2.18. The SMILES string of the molecule is CCCCCOc1ccc(CNc2ccc(OCC(C)C)cc2)cc1. The molecule has 0 saturated heterocycles. The number of hydrogen-bond donors (Lipinski definition) is 1. The van der Waals surface area contributed by atoms with Gasteiger partial charge < -0.3 is 14.8 Å². The Morgan fingerprint density at radius 1 is 0.840 bits per heavy atom. The summed E-state index contributed by atoms with van der Waals surface area (Å²) in [6.45, 7) is 8.85. The third-order valence-electron chi connectivity index (χ3n) is 3.87. The zero-order valence-electron chi connectivity index (χ0n) is 15.8. The maximum absolute atomic E-state index is 5.74. The van der Waals surface area contributed by atoms with Gasteiger partial charge in [0.2, 0.25) is 0 Å². The fourth-order valence-electron chi connectivity index (χ4n) is 2.38. The molecule has 0 heterocycles. The molecule has 0 amide bonds. The van der Waals surface area contributed by atoms with Crippen molar-refractivity contribution in [1.82, 2.24) is 0 Å². The number of nitrogens with one attached hydrogen (secondary N) is 1. The van der Waals surface area contributed by atoms with Crippen LogP contribution in [0.1, 0.15) is 45.6 Å². The van der Waals surface area contributed by atoms with Crippen molar-refractivity contribution in [2.24, 2.45) is 5.92 Å². The highest BCUT2D eigenvalue weighted by molar-refractivity contribution is 5.47. The van der Waals surface area contributed by atoms with Gasteiger partial charge in [0.15, 0.2) is 0 Å². The molecule has 3 heteroatoms. The minimum atomic E-state index is 0.538. The van der Waals surface area contributed by atoms with E-state index in [1.165, 1.54) is 18.4 Å². The van der Waals surface area contributed by atoms with Gasteiger partial charge in [-0.25, -0.2) is 0 Å². The lowest BCUT2D eigenvalue weighted by Crippen LogP contribution is -2.04. The molecule has 0 fully saturated rings. The van der Waals surface area contributed by atoms with Gasteiger partial charge in [-0.15, -0.1) is 0 Å². The molecule has 0 aliphatic heterocycles. The number of benzene rings is 2. The second kappa shape index (κ2) is 10.7. The van der Waals surface area contributed by atoms with E-state index in [2.05, 4.69) is 50.4 Å². The van der Waals surface area contributed by atoms with Gasteiger partial charge in [-0.1, -0.05) is 45.7 Å². The fourth-order valence-corrected chi connectivity index (χ4v) is 2.38. The zero-order valence-corrected chi connectivity index (χ0v) is 15.8. The summed E-state index contributed by atoms with van der Waals surface area (Å²) in [5, 5.41) is 3.44. The van der Waals surface area contributed by atoms with E-state index in [1.54, 1.807) is 0 Å². The van der Waals surface area contributed by atoms with E-state index in [9.17, 15) is 0 Å². The van der Waals surface area contributed by atoms with E-state index < -0.39 is 0 Å². The number of hydrogen-bond acceptors (Lipinski definition) is 3. The summed E-state index contributed by atoms with van der Waals surface area (Å²) in [7, 11) is 0. The number of rotatable bonds is 11. The van der Waals surface area contributed by atoms with Crippen molar-refractivity contribution >= 4 is 5.69 Å². The first-order valence-electron chi connectivity index (χ1n) is 9.36. The average molecular weight is 341 g/mol. The normalized spacial score (nSPS) is 10.7. The molecule has 2 rings (SSSR count). The van der Waals surface area contributed by atoms with Crippen molar-refractivity contribution < 1.29 is 9.47 Å². The molecule has 1 N–H and O–H groups in total. The van der Waals surface area contributed by atoms with Crippen LogP contribution in [0.2, 0.25) is 0 Å². The second-order valence-electron chi connectivity index (χ2n) is 6.78. The molecule has 0 spiro atoms. The molecule has 3 nitrogen and oxygen atoms in total. The molecule has 0 saturated carbocycles. The summed E-state index contributed by atoms with van der Waals surface area (Å²) in [5.74, 6) is 2.41. The summed E-state index contributed by atoms with van der Waals surface area (Å²) >= 11 is 0. The van der Waals surface area contributed by atoms with Gasteiger partial charge in [0.1, 0.15) is 11.5 Å². The summed E-state index contributed by atoms with van der Waals surface area (Å²) in [6, 6.07) is 16.5. The maximum Gasteiger partial charge on any atom is 0.119 e. The van der Waals surface area contributed by atoms with E-state index in [1.807, 2.05) is 24.3 Å². The van der Waals surface area contributed by atoms with Crippen molar-refractivity contribution in [3.63, 3.8) is 0 Å². The first-order chi connectivity index (χ1) is 12.2. The van der Waals surface area contributed by atoms with Crippen LogP contribution < -0.4 is 14.8 Å². The van der Waals surface area contributed by atoms with Crippen LogP contribution in [0.3, 0.4) is 0 Å². The van der Waals surface area contributed by atoms with E-state index in [0.717, 1.165) is 43.4 Å². The summed E-state index contributed by atoms with van der Waals surface area (Å²) in [5.41, 5.74) is 2.33. The van der Waals surface area contributed by atoms with Gasteiger partial charge >= 0.3 is 0 Å². The summed E-state index contributed by atoms with van der Waals surface area (Å²) < 4.78 is 11.4. The monoisotopic (exact) mass is 341 g/mol. The lowest BCUT2D eigenvalue weighted by atomic mass is 10.2. The van der Waals surface area contributed by atoms with Gasteiger partial charge in [0, 0.05) is 12.2 Å². The maximum atomic E-state index is 5.74. The van der Waals surface area contributed by atoms with Crippen LogP contribution in [0.5, 0.6) is 11.5 Å². The average Bonchev–Trinajstić information content (AvgIpc) is 2.63. The van der Waals surface area contributed by atoms with Crippen LogP contribution >= 0.6 is 0 Å². The Hall–Kier alpha value is -2.16. The molecule has 25 heavy (non-hydrogen) atoms. The Morgan fingerprint density at radius 3 is 2.12 bits per heavy atom. The van der Waals surface area contributed by atoms with E-state index >= 15 is 0 Å². The molecule has 2 aromatic carbocycles. The molecular formula is C22H31NO2. The molecule has 0 bridgehead atoms. The van der Waals surface area contributed by atoms with E-state index in [0.29, 0.717) is 5.92 Å². The molecule has 136 valence electrons. The van der Waals surface area contributed by atoms with Gasteiger partial charge in [-0.05, 0) is 54.3 Å². The van der Waals surface area contributed by atoms with Crippen LogP contribution in [0.4, 0.5) is 5.69 Å². The van der Waals surface area contributed by atoms with Crippen molar-refractivity contribution in [1.29, 1.82) is 0 Å². The lowest BCUT2D eigenvalue weighted by Gasteiger charge is -2.11. The van der Waals surface area contributed by atoms with Crippen LogP contribution in [-0.2, 0) is 6.54 Å². The van der Waals surface area contributed by atoms with Gasteiger partial charge in [0.25, 0.3) is 0 Å². The molecule has 2 aromatic rings. The molecule has 0 atom stereocenters. The number of anilines is 1. The lowest BCUT2D eigenvalue weighted by molar-refractivity contribution is 0.271. The van der Waals surface area contributed by atoms with Gasteiger partial charge in [-0.2, -0.15) is 0 Å². The topological polar surface area (TPSA) is 30.5 Å². The van der Waals surface area contributed by atoms with Crippen molar-refractivity contribution in [2.75, 3.05) is 18.5 Å². The van der Waals surface area contributed by atoms with Crippen molar-refractivity contribution in [2.45, 2.75) is 46.6 Å². The van der Waals surface area contributed by atoms with Crippen molar-refractivity contribution in [3.8, 4) is 11.5 Å². The van der Waals surface area contributed by atoms with Gasteiger partial charge in [-0.3, -0.25) is 0 Å². The predicted octanol–water partition coefficient (Wildman–Crippen LogP) is 5.90. The molecule has 0 aromatic heterocycles. The fraction of sp³-hybridized carbons (Fsp3) is 0.455. The minimum absolute atomic E-state index is 0.538. The molecule has 0 unspecified atom stereocenters. The summed E-state index contributed by atoms with van der Waals surface area (Å²) in [6.07, 6.45) is 3.57. The number of unbranched alkanes of at least 4 members (excludes halogenated alkanes) is 2. The highest BCUT2D eigenvalue weighted by atomic mass is 16.5. The predicted molar refractivity (Wildman–Crippen MR) is 106 cm³/mol. The third kappa shape index (κ3) is 7.51. The Balaban J connectivity index is 1.75. The largest absolute Gasteiger partial charge is 0.494 e. The van der Waals surface area contributed by atoms with Crippen molar-refractivity contribution in [3.05, 3.63) is 54.1 Å². The minimum Gasteiger partial charge on any atom is -0.494 e. The molecule has 0 aliphatic carbocycles. The van der Waals surface area contributed by atoms with Crippen LogP contribution in [0, 0.1) is 5.92 Å². The number of ether oxygens (including phenoxy) is 2. The summed E-state index contributed by atoms with van der Waals surface area (Å²) in [4.78, 5) is 0. The van der Waals surface area contributed by atoms with E-state index in [4.69, 9.17) is 9.47 Å². The van der Waals surface area contributed by atoms with Crippen LogP contribution in [-0.4, -0.2) is 13.2 Å². The quantitative estimate of drug-likeness (QED) is 0.516. The highest BCUT2D eigenvalue weighted by Gasteiger charge is 1.99. The Morgan fingerprint density at radius 2 is 1.48 bits per heavy atom.